The molecule has 0 amide bonds. The van der Waals surface area contributed by atoms with Crippen LogP contribution >= 0.6 is 0 Å². The average Bonchev–Trinajstić information content (AvgIpc) is 0.954. The number of aliphatic hydroxyl groups is 3. The Hall–Kier alpha value is -1.95. The summed E-state index contributed by atoms with van der Waals surface area (Å²) >= 11 is 0. The van der Waals surface area contributed by atoms with Crippen LogP contribution in [0.4, 0.5) is 0 Å². The summed E-state index contributed by atoms with van der Waals surface area (Å²) in [4.78, 5) is 45.8. The van der Waals surface area contributed by atoms with Crippen molar-refractivity contribution in [2.75, 3.05) is 118 Å². The molecule has 0 aliphatic heterocycles. The first-order valence-electron chi connectivity index (χ1n) is 65.6. The number of nitrogens with one attached hydrogen (secondary N) is 1. The van der Waals surface area contributed by atoms with Gasteiger partial charge in [0.2, 0.25) is 0 Å². The van der Waals surface area contributed by atoms with Gasteiger partial charge in [0.1, 0.15) is 0 Å². The highest BCUT2D eigenvalue weighted by Crippen LogP contribution is 2.23. The molecule has 0 saturated heterocycles. The number of hydrogen-bond donors (Lipinski definition) is 5. The third kappa shape index (κ3) is 127. The van der Waals surface area contributed by atoms with Gasteiger partial charge in [-0.15, -0.1) is 0 Å². The van der Waals surface area contributed by atoms with E-state index in [1.54, 1.807) is 0 Å². The molecule has 864 valence electrons. The molecule has 0 bridgehead atoms. The molecule has 3 unspecified atom stereocenters. The van der Waals surface area contributed by atoms with Gasteiger partial charge in [0.25, 0.3) is 0 Å². The number of rotatable bonds is 122. The zero-order chi connectivity index (χ0) is 105. The lowest BCUT2D eigenvalue weighted by molar-refractivity contribution is -0.145. The van der Waals surface area contributed by atoms with Crippen molar-refractivity contribution in [2.24, 2.45) is 5.73 Å². The van der Waals surface area contributed by atoms with Crippen LogP contribution in [0.25, 0.3) is 0 Å². The minimum atomic E-state index is -0.444. The number of esters is 3. The van der Waals surface area contributed by atoms with Crippen LogP contribution in [-0.2, 0) is 28.6 Å². The van der Waals surface area contributed by atoms with Gasteiger partial charge in [0, 0.05) is 52.6 Å². The molecule has 0 radical (unpaired) electrons. The normalized spacial score (nSPS) is 12.3. The number of carbonyl (C=O) groups excluding carboxylic acids is 3. The number of ether oxygens (including phenoxy) is 3. The van der Waals surface area contributed by atoms with Crippen molar-refractivity contribution in [1.82, 2.24) is 24.9 Å². The van der Waals surface area contributed by atoms with E-state index in [4.69, 9.17) is 19.9 Å². The third-order valence-electron chi connectivity index (χ3n) is 30.3. The second-order valence-electron chi connectivity index (χ2n) is 45.3. The molecule has 0 heterocycles. The van der Waals surface area contributed by atoms with Gasteiger partial charge < -0.3 is 60.2 Å². The number of unbranched alkanes of at least 4 members (excludes halogenated alkanes) is 82. The van der Waals surface area contributed by atoms with E-state index >= 15 is 0 Å². The maximum Gasteiger partial charge on any atom is 0.307 e. The number of aliphatic hydroxyl groups excluding tert-OH is 3. The lowest BCUT2D eigenvalue weighted by Crippen LogP contribution is -2.40. The molecule has 0 aliphatic carbocycles. The minimum Gasteiger partial charge on any atom is -0.466 e. The lowest BCUT2D eigenvalue weighted by atomic mass is 10.0. The molecule has 0 saturated carbocycles. The number of carbonyl (C=O) groups is 3. The Labute approximate surface area is 902 Å². The largest absolute Gasteiger partial charge is 0.466 e. The summed E-state index contributed by atoms with van der Waals surface area (Å²) in [6.07, 6.45) is 124. The average molecular weight is 2040 g/mol. The summed E-state index contributed by atoms with van der Waals surface area (Å²) in [6.45, 7) is 34.7. The van der Waals surface area contributed by atoms with Gasteiger partial charge in [-0.25, -0.2) is 0 Å². The van der Waals surface area contributed by atoms with Crippen LogP contribution < -0.4 is 11.1 Å². The van der Waals surface area contributed by atoms with Gasteiger partial charge in [-0.3, -0.25) is 14.4 Å². The molecule has 6 N–H and O–H groups in total. The predicted octanol–water partition coefficient (Wildman–Crippen LogP) is 37.1. The molecule has 0 aromatic carbocycles. The summed E-state index contributed by atoms with van der Waals surface area (Å²) in [5.41, 5.74) is 5.83. The zero-order valence-corrected chi connectivity index (χ0v) is 99.5. The molecule has 0 aliphatic rings. The van der Waals surface area contributed by atoms with Gasteiger partial charge in [-0.1, -0.05) is 569 Å². The van der Waals surface area contributed by atoms with Crippen LogP contribution in [0.3, 0.4) is 0 Å². The van der Waals surface area contributed by atoms with Gasteiger partial charge in [-0.2, -0.15) is 0 Å². The molecule has 144 heavy (non-hydrogen) atoms. The Morgan fingerprint density at radius 2 is 0.410 bits per heavy atom. The van der Waals surface area contributed by atoms with E-state index in [0.29, 0.717) is 52.3 Å². The Morgan fingerprint density at radius 1 is 0.215 bits per heavy atom. The molecule has 15 heteroatoms. The summed E-state index contributed by atoms with van der Waals surface area (Å²) in [6, 6.07) is 0. The third-order valence-corrected chi connectivity index (χ3v) is 30.3. The van der Waals surface area contributed by atoms with Crippen LogP contribution in [0.15, 0.2) is 0 Å². The van der Waals surface area contributed by atoms with Crippen molar-refractivity contribution in [3.63, 3.8) is 0 Å². The molecule has 3 atom stereocenters. The standard InChI is InChI=1S/C59H121N3O4.C53H109N3O3.C17H34O2/c1-5-9-12-15-18-21-24-27-30-33-36-41-49-61(55-57(63)46-39-40-47-59(65)66-53-45-38-35-32-29-26-23-20-17-14-11-7-3)51-43-44-52-62(56-58(64)54-60-48-8-4)50-42-37-34-31-28-25-22-19-16-13-10-6-2;1-4-7-10-13-16-19-22-25-28-31-34-37-42-49-59-53(58)43-48-55(44-38-35-32-29-26-23-20-17-14-11-8-5-2)45-40-41-47-56(51-52(57)50-54)46-39-36-33-30-27-24-21-18-15-12-9-6-3;1-3-4-5-6-7-8-9-10-11-12-13-14-15-16-19-17(2)18/h57-58,60,63-64H,5-56H2,1-4H3;52,57H,4-51,54H2,1-3H3;3-16H2,1-2H3. The van der Waals surface area contributed by atoms with E-state index in [-0.39, 0.29) is 30.1 Å². The summed E-state index contributed by atoms with van der Waals surface area (Å²) in [5.74, 6) is -0.245. The highest BCUT2D eigenvalue weighted by molar-refractivity contribution is 5.69. The molecular weight excluding hydrogens is 1780 g/mol. The van der Waals surface area contributed by atoms with E-state index in [0.717, 1.165) is 156 Å². The van der Waals surface area contributed by atoms with Crippen molar-refractivity contribution in [1.29, 1.82) is 0 Å². The first kappa shape index (κ1) is 146. The van der Waals surface area contributed by atoms with Crippen LogP contribution in [0.2, 0.25) is 0 Å². The fourth-order valence-corrected chi connectivity index (χ4v) is 20.6. The van der Waals surface area contributed by atoms with E-state index < -0.39 is 6.10 Å². The van der Waals surface area contributed by atoms with Gasteiger partial charge >= 0.3 is 17.9 Å². The molecule has 15 nitrogen and oxygen atoms in total. The topological polar surface area (TPSA) is 191 Å². The number of nitrogens with zero attached hydrogens (tertiary/aromatic N) is 4. The second kappa shape index (κ2) is 130. The van der Waals surface area contributed by atoms with Gasteiger partial charge in [-0.05, 0) is 149 Å². The molecule has 0 aromatic rings. The first-order chi connectivity index (χ1) is 70.8. The first-order valence-corrected chi connectivity index (χ1v) is 65.6. The van der Waals surface area contributed by atoms with Crippen LogP contribution in [0.1, 0.15) is 679 Å². The predicted molar refractivity (Wildman–Crippen MR) is 633 cm³/mol. The molecule has 0 aromatic heterocycles. The highest BCUT2D eigenvalue weighted by atomic mass is 16.5. The van der Waals surface area contributed by atoms with Crippen LogP contribution in [0.5, 0.6) is 0 Å². The molecule has 0 spiro atoms. The quantitative estimate of drug-likeness (QED) is 0.0219. The summed E-state index contributed by atoms with van der Waals surface area (Å²) in [5, 5.41) is 35.9. The fourth-order valence-electron chi connectivity index (χ4n) is 20.6. The summed E-state index contributed by atoms with van der Waals surface area (Å²) < 4.78 is 16.2. The van der Waals surface area contributed by atoms with Crippen molar-refractivity contribution in [3.05, 3.63) is 0 Å². The number of nitrogens with two attached hydrogens (primary N) is 1. The minimum absolute atomic E-state index is 0.0204. The SMILES string of the molecule is CCCCCCCCCCCCCCCOC(=O)CCN(CCCCCCCCCCCCCC)CCCCN(CCCCCCCCCCCCCC)CC(O)CN.CCCCCCCCCCCCCCCOC(C)=O.CCCCCCCCCCCCCCOC(=O)CCCCC(O)CN(CCCCCCCCCCCCCC)CCCCN(CCCCCCCCCCCCCC)CC(O)CNCCC. The van der Waals surface area contributed by atoms with Crippen molar-refractivity contribution < 1.29 is 43.9 Å². The highest BCUT2D eigenvalue weighted by Gasteiger charge is 2.18. The Balaban J connectivity index is -0.00000234. The van der Waals surface area contributed by atoms with E-state index in [2.05, 4.69) is 80.3 Å². The Kier molecular flexibility index (Phi) is 132. The van der Waals surface area contributed by atoms with E-state index in [1.807, 2.05) is 0 Å². The van der Waals surface area contributed by atoms with Crippen molar-refractivity contribution in [3.8, 4) is 0 Å². The van der Waals surface area contributed by atoms with Crippen molar-refractivity contribution >= 4 is 17.9 Å². The van der Waals surface area contributed by atoms with Gasteiger partial charge in [0.05, 0.1) is 44.6 Å². The van der Waals surface area contributed by atoms with Crippen molar-refractivity contribution in [2.45, 2.75) is 697 Å². The molecular formula is C129H264N6O9. The number of hydrogen-bond acceptors (Lipinski definition) is 15. The maximum atomic E-state index is 12.8. The maximum absolute atomic E-state index is 12.8. The molecule has 0 rings (SSSR count). The second-order valence-corrected chi connectivity index (χ2v) is 45.3. The monoisotopic (exact) mass is 2040 g/mol. The zero-order valence-electron chi connectivity index (χ0n) is 99.5. The van der Waals surface area contributed by atoms with Gasteiger partial charge in [0.15, 0.2) is 0 Å². The Morgan fingerprint density at radius 3 is 0.639 bits per heavy atom. The van der Waals surface area contributed by atoms with Crippen LogP contribution in [0, 0.1) is 0 Å². The van der Waals surface area contributed by atoms with E-state index in [9.17, 15) is 29.7 Å². The smallest absolute Gasteiger partial charge is 0.307 e. The van der Waals surface area contributed by atoms with E-state index in [1.165, 1.54) is 533 Å². The van der Waals surface area contributed by atoms with Crippen LogP contribution in [-0.4, -0.2) is 189 Å². The summed E-state index contributed by atoms with van der Waals surface area (Å²) in [7, 11) is 0. The Bertz CT molecular complexity index is 2360. The fraction of sp³-hybridized carbons (Fsp3) is 0.977. The lowest BCUT2D eigenvalue weighted by Gasteiger charge is -2.27. The molecule has 0 fully saturated rings.